The third kappa shape index (κ3) is 4.72. The molecule has 1 fully saturated rings. The van der Waals surface area contributed by atoms with Crippen LogP contribution in [0.25, 0.3) is 0 Å². The lowest BCUT2D eigenvalue weighted by Crippen LogP contribution is -2.45. The average molecular weight is 263 g/mol. The van der Waals surface area contributed by atoms with Gasteiger partial charge in [0.05, 0.1) is 5.75 Å². The molecule has 0 aromatic heterocycles. The second kappa shape index (κ2) is 5.48. The molecule has 0 saturated heterocycles. The Bertz CT molecular complexity index is 399. The smallest absolute Gasteiger partial charge is 0.326 e. The quantitative estimate of drug-likeness (QED) is 0.690. The van der Waals surface area contributed by atoms with Crippen molar-refractivity contribution in [3.63, 3.8) is 0 Å². The summed E-state index contributed by atoms with van der Waals surface area (Å²) in [5, 5.41) is 11.3. The van der Waals surface area contributed by atoms with E-state index in [0.29, 0.717) is 0 Å². The van der Waals surface area contributed by atoms with Crippen LogP contribution in [0, 0.1) is 5.92 Å². The first-order valence-corrected chi connectivity index (χ1v) is 7.56. The number of sulfone groups is 1. The van der Waals surface area contributed by atoms with Gasteiger partial charge in [0.15, 0.2) is 0 Å². The molecule has 0 aromatic carbocycles. The molecule has 0 aliphatic heterocycles. The van der Waals surface area contributed by atoms with Gasteiger partial charge in [-0.2, -0.15) is 0 Å². The van der Waals surface area contributed by atoms with Gasteiger partial charge in [-0.3, -0.25) is 4.79 Å². The summed E-state index contributed by atoms with van der Waals surface area (Å²) in [6.45, 7) is 0. The van der Waals surface area contributed by atoms with E-state index in [1.807, 2.05) is 0 Å². The number of nitrogens with one attached hydrogen (secondary N) is 1. The third-order valence-corrected chi connectivity index (χ3v) is 3.85. The molecule has 7 heteroatoms. The number of aliphatic carboxylic acids is 1. The Morgan fingerprint density at radius 1 is 1.41 bits per heavy atom. The minimum atomic E-state index is -3.21. The molecule has 1 saturated carbocycles. The number of carboxylic acids is 1. The van der Waals surface area contributed by atoms with Gasteiger partial charge in [0.25, 0.3) is 0 Å². The Morgan fingerprint density at radius 2 is 2.00 bits per heavy atom. The lowest BCUT2D eigenvalue weighted by atomic mass is 9.84. The minimum Gasteiger partial charge on any atom is -0.480 e. The first-order valence-electron chi connectivity index (χ1n) is 5.50. The van der Waals surface area contributed by atoms with E-state index in [2.05, 4.69) is 5.32 Å². The fraction of sp³-hybridized carbons (Fsp3) is 0.800. The van der Waals surface area contributed by atoms with Crippen molar-refractivity contribution < 1.29 is 23.1 Å². The van der Waals surface area contributed by atoms with E-state index < -0.39 is 21.8 Å². The molecule has 98 valence electrons. The average Bonchev–Trinajstić information content (AvgIpc) is 2.06. The van der Waals surface area contributed by atoms with E-state index in [0.717, 1.165) is 25.5 Å². The number of hydrogen-bond acceptors (Lipinski definition) is 4. The van der Waals surface area contributed by atoms with Gasteiger partial charge in [-0.1, -0.05) is 6.42 Å². The molecule has 1 rings (SSSR count). The van der Waals surface area contributed by atoms with Gasteiger partial charge in [-0.05, 0) is 19.3 Å². The maximum Gasteiger partial charge on any atom is 0.326 e. The molecular weight excluding hydrogens is 246 g/mol. The third-order valence-electron chi connectivity index (χ3n) is 2.87. The van der Waals surface area contributed by atoms with Gasteiger partial charge < -0.3 is 10.4 Å². The highest BCUT2D eigenvalue weighted by Crippen LogP contribution is 2.26. The molecule has 1 amide bonds. The summed E-state index contributed by atoms with van der Waals surface area (Å²) < 4.78 is 21.9. The fourth-order valence-electron chi connectivity index (χ4n) is 1.55. The summed E-state index contributed by atoms with van der Waals surface area (Å²) in [5.41, 5.74) is 0. The van der Waals surface area contributed by atoms with E-state index in [1.54, 1.807) is 0 Å². The van der Waals surface area contributed by atoms with Crippen molar-refractivity contribution in [1.29, 1.82) is 0 Å². The molecule has 2 N–H and O–H groups in total. The molecule has 17 heavy (non-hydrogen) atoms. The van der Waals surface area contributed by atoms with Crippen molar-refractivity contribution in [3.05, 3.63) is 0 Å². The van der Waals surface area contributed by atoms with E-state index >= 15 is 0 Å². The number of rotatable bonds is 6. The summed E-state index contributed by atoms with van der Waals surface area (Å²) in [5.74, 6) is -1.82. The second-order valence-electron chi connectivity index (χ2n) is 4.45. The summed E-state index contributed by atoms with van der Waals surface area (Å²) in [7, 11) is -3.21. The van der Waals surface area contributed by atoms with Gasteiger partial charge in [0.2, 0.25) is 5.91 Å². The van der Waals surface area contributed by atoms with Crippen molar-refractivity contribution in [1.82, 2.24) is 5.32 Å². The van der Waals surface area contributed by atoms with Gasteiger partial charge in [-0.15, -0.1) is 0 Å². The number of carbonyl (C=O) groups excluding carboxylic acids is 1. The first-order chi connectivity index (χ1) is 7.79. The van der Waals surface area contributed by atoms with Crippen LogP contribution < -0.4 is 5.32 Å². The first kappa shape index (κ1) is 14.0. The minimum absolute atomic E-state index is 0.0906. The molecule has 6 nitrogen and oxygen atoms in total. The summed E-state index contributed by atoms with van der Waals surface area (Å²) in [6, 6.07) is -1.11. The topological polar surface area (TPSA) is 101 Å². The molecular formula is C10H17NO5S. The van der Waals surface area contributed by atoms with Gasteiger partial charge in [0.1, 0.15) is 15.9 Å². The highest BCUT2D eigenvalue weighted by molar-refractivity contribution is 7.90. The Balaban J connectivity index is 2.48. The summed E-state index contributed by atoms with van der Waals surface area (Å²) >= 11 is 0. The van der Waals surface area contributed by atoms with Crippen LogP contribution in [0.15, 0.2) is 0 Å². The zero-order chi connectivity index (χ0) is 13.1. The van der Waals surface area contributed by atoms with E-state index in [4.69, 9.17) is 5.11 Å². The normalized spacial score (nSPS) is 18.2. The number of hydrogen-bond donors (Lipinski definition) is 2. The maximum atomic E-state index is 11.5. The maximum absolute atomic E-state index is 11.5. The molecule has 1 aliphatic rings. The zero-order valence-corrected chi connectivity index (χ0v) is 10.5. The Morgan fingerprint density at radius 3 is 2.35 bits per heavy atom. The molecule has 0 heterocycles. The van der Waals surface area contributed by atoms with Crippen LogP contribution >= 0.6 is 0 Å². The van der Waals surface area contributed by atoms with Crippen LogP contribution in [-0.4, -0.2) is 43.5 Å². The van der Waals surface area contributed by atoms with Crippen LogP contribution in [0.2, 0.25) is 0 Å². The summed E-state index contributed by atoms with van der Waals surface area (Å²) in [6.07, 6.45) is 3.50. The van der Waals surface area contributed by atoms with Gasteiger partial charge >= 0.3 is 5.97 Å². The van der Waals surface area contributed by atoms with Crippen LogP contribution in [0.4, 0.5) is 0 Å². The number of carboxylic acid groups (broad SMARTS) is 1. The Labute approximate surface area is 100 Å². The molecule has 1 unspecified atom stereocenters. The van der Waals surface area contributed by atoms with E-state index in [9.17, 15) is 18.0 Å². The SMILES string of the molecule is CS(=O)(=O)CCC(NC(=O)C1CCC1)C(=O)O. The van der Waals surface area contributed by atoms with Crippen molar-refractivity contribution in [2.24, 2.45) is 5.92 Å². The Kier molecular flexibility index (Phi) is 4.50. The predicted molar refractivity (Wildman–Crippen MR) is 61.2 cm³/mol. The van der Waals surface area contributed by atoms with Crippen LogP contribution in [-0.2, 0) is 19.4 Å². The van der Waals surface area contributed by atoms with E-state index in [-0.39, 0.29) is 24.0 Å². The molecule has 1 atom stereocenters. The zero-order valence-electron chi connectivity index (χ0n) is 9.68. The number of amides is 1. The van der Waals surface area contributed by atoms with Crippen molar-refractivity contribution in [2.45, 2.75) is 31.7 Å². The highest BCUT2D eigenvalue weighted by Gasteiger charge is 2.29. The summed E-state index contributed by atoms with van der Waals surface area (Å²) in [4.78, 5) is 22.4. The number of carbonyl (C=O) groups is 2. The van der Waals surface area contributed by atoms with Crippen LogP contribution in [0.1, 0.15) is 25.7 Å². The highest BCUT2D eigenvalue weighted by atomic mass is 32.2. The largest absolute Gasteiger partial charge is 0.480 e. The lowest BCUT2D eigenvalue weighted by molar-refractivity contribution is -0.143. The van der Waals surface area contributed by atoms with Crippen molar-refractivity contribution in [2.75, 3.05) is 12.0 Å². The monoisotopic (exact) mass is 263 g/mol. The van der Waals surface area contributed by atoms with Gasteiger partial charge in [0, 0.05) is 12.2 Å². The predicted octanol–water partition coefficient (Wildman–Crippen LogP) is -0.209. The van der Waals surface area contributed by atoms with Crippen LogP contribution in [0.5, 0.6) is 0 Å². The van der Waals surface area contributed by atoms with Crippen molar-refractivity contribution >= 4 is 21.7 Å². The molecule has 0 aromatic rings. The second-order valence-corrected chi connectivity index (χ2v) is 6.71. The van der Waals surface area contributed by atoms with Crippen LogP contribution in [0.3, 0.4) is 0 Å². The van der Waals surface area contributed by atoms with Crippen molar-refractivity contribution in [3.8, 4) is 0 Å². The Hall–Kier alpha value is -1.11. The standard InChI is InChI=1S/C10H17NO5S/c1-17(15,16)6-5-8(10(13)14)11-9(12)7-3-2-4-7/h7-8H,2-6H2,1H3,(H,11,12)(H,13,14). The molecule has 0 bridgehead atoms. The molecule has 1 aliphatic carbocycles. The van der Waals surface area contributed by atoms with E-state index in [1.165, 1.54) is 0 Å². The fourth-order valence-corrected chi connectivity index (χ4v) is 2.21. The van der Waals surface area contributed by atoms with Gasteiger partial charge in [-0.25, -0.2) is 13.2 Å². The lowest BCUT2D eigenvalue weighted by Gasteiger charge is -2.26. The molecule has 0 spiro atoms. The molecule has 0 radical (unpaired) electrons.